The SMILES string of the molecule is CCCC(CCCCc1ccc(C(C)(C)C)cc1)c1ccc(CC)cc1. The molecule has 26 heavy (non-hydrogen) atoms. The summed E-state index contributed by atoms with van der Waals surface area (Å²) in [6, 6.07) is 18.6. The van der Waals surface area contributed by atoms with Crippen LogP contribution in [0, 0.1) is 0 Å². The highest BCUT2D eigenvalue weighted by atomic mass is 14.2. The van der Waals surface area contributed by atoms with Crippen LogP contribution in [0.5, 0.6) is 0 Å². The quantitative estimate of drug-likeness (QED) is 0.404. The van der Waals surface area contributed by atoms with Crippen LogP contribution >= 0.6 is 0 Å². The molecule has 0 radical (unpaired) electrons. The van der Waals surface area contributed by atoms with E-state index in [1.165, 1.54) is 55.2 Å². The molecule has 0 saturated carbocycles. The summed E-state index contributed by atoms with van der Waals surface area (Å²) in [5.74, 6) is 0.731. The Morgan fingerprint density at radius 3 is 1.88 bits per heavy atom. The van der Waals surface area contributed by atoms with Crippen LogP contribution < -0.4 is 0 Å². The summed E-state index contributed by atoms with van der Waals surface area (Å²) >= 11 is 0. The van der Waals surface area contributed by atoms with Crippen molar-refractivity contribution in [3.05, 3.63) is 70.8 Å². The molecule has 0 amide bonds. The summed E-state index contributed by atoms with van der Waals surface area (Å²) in [7, 11) is 0. The first-order valence-corrected chi connectivity index (χ1v) is 10.6. The molecule has 1 unspecified atom stereocenters. The van der Waals surface area contributed by atoms with Gasteiger partial charge in [-0.3, -0.25) is 0 Å². The van der Waals surface area contributed by atoms with Crippen LogP contribution in [0.25, 0.3) is 0 Å². The maximum absolute atomic E-state index is 2.37. The number of hydrogen-bond donors (Lipinski definition) is 0. The molecule has 0 aromatic heterocycles. The zero-order valence-electron chi connectivity index (χ0n) is 17.6. The summed E-state index contributed by atoms with van der Waals surface area (Å²) in [6.07, 6.45) is 8.85. The zero-order valence-corrected chi connectivity index (χ0v) is 17.6. The van der Waals surface area contributed by atoms with Gasteiger partial charge in [0.05, 0.1) is 0 Å². The molecule has 0 aliphatic carbocycles. The van der Waals surface area contributed by atoms with Crippen molar-refractivity contribution in [1.82, 2.24) is 0 Å². The Kier molecular flexibility index (Phi) is 7.94. The third kappa shape index (κ3) is 6.31. The molecule has 0 fully saturated rings. The predicted octanol–water partition coefficient (Wildman–Crippen LogP) is 7.84. The monoisotopic (exact) mass is 350 g/mol. The van der Waals surface area contributed by atoms with E-state index in [9.17, 15) is 0 Å². The maximum atomic E-state index is 2.37. The summed E-state index contributed by atoms with van der Waals surface area (Å²) in [5.41, 5.74) is 6.15. The second-order valence-electron chi connectivity index (χ2n) is 8.77. The Labute approximate surface area is 162 Å². The molecule has 0 bridgehead atoms. The molecule has 1 atom stereocenters. The Hall–Kier alpha value is -1.56. The molecule has 0 nitrogen and oxygen atoms in total. The molecule has 0 heteroatoms. The van der Waals surface area contributed by atoms with Crippen LogP contribution in [0.2, 0.25) is 0 Å². The molecular weight excluding hydrogens is 312 g/mol. The summed E-state index contributed by atoms with van der Waals surface area (Å²) in [6.45, 7) is 11.4. The topological polar surface area (TPSA) is 0 Å². The Balaban J connectivity index is 1.83. The van der Waals surface area contributed by atoms with E-state index >= 15 is 0 Å². The van der Waals surface area contributed by atoms with Gasteiger partial charge in [-0.25, -0.2) is 0 Å². The van der Waals surface area contributed by atoms with Crippen molar-refractivity contribution < 1.29 is 0 Å². The third-order valence-electron chi connectivity index (χ3n) is 5.58. The number of benzene rings is 2. The molecule has 2 aromatic carbocycles. The van der Waals surface area contributed by atoms with Crippen molar-refractivity contribution in [3.63, 3.8) is 0 Å². The van der Waals surface area contributed by atoms with Gasteiger partial charge in [0.25, 0.3) is 0 Å². The van der Waals surface area contributed by atoms with Gasteiger partial charge in [0.15, 0.2) is 0 Å². The van der Waals surface area contributed by atoms with Gasteiger partial charge in [0, 0.05) is 0 Å². The fraction of sp³-hybridized carbons (Fsp3) is 0.538. The molecule has 2 aromatic rings. The van der Waals surface area contributed by atoms with Crippen LogP contribution in [-0.2, 0) is 18.3 Å². The number of hydrogen-bond acceptors (Lipinski definition) is 0. The lowest BCUT2D eigenvalue weighted by Gasteiger charge is -2.19. The molecular formula is C26H38. The van der Waals surface area contributed by atoms with Gasteiger partial charge < -0.3 is 0 Å². The minimum Gasteiger partial charge on any atom is -0.0654 e. The summed E-state index contributed by atoms with van der Waals surface area (Å²) in [5, 5.41) is 0. The molecule has 0 N–H and O–H groups in total. The second-order valence-corrected chi connectivity index (χ2v) is 8.77. The molecule has 0 spiro atoms. The Morgan fingerprint density at radius 1 is 0.731 bits per heavy atom. The number of aryl methyl sites for hydroxylation is 2. The fourth-order valence-electron chi connectivity index (χ4n) is 3.74. The van der Waals surface area contributed by atoms with Gasteiger partial charge in [-0.05, 0) is 65.7 Å². The average Bonchev–Trinajstić information content (AvgIpc) is 2.64. The molecule has 0 aliphatic heterocycles. The van der Waals surface area contributed by atoms with Crippen molar-refractivity contribution in [2.45, 2.75) is 90.9 Å². The first kappa shape index (κ1) is 20.7. The smallest absolute Gasteiger partial charge is 0.0132 e. The molecule has 142 valence electrons. The van der Waals surface area contributed by atoms with Crippen LogP contribution in [0.4, 0.5) is 0 Å². The van der Waals surface area contributed by atoms with E-state index in [4.69, 9.17) is 0 Å². The largest absolute Gasteiger partial charge is 0.0654 e. The van der Waals surface area contributed by atoms with Gasteiger partial charge in [0.1, 0.15) is 0 Å². The maximum Gasteiger partial charge on any atom is -0.0132 e. The van der Waals surface area contributed by atoms with E-state index in [0.29, 0.717) is 0 Å². The zero-order chi connectivity index (χ0) is 19.0. The summed E-state index contributed by atoms with van der Waals surface area (Å²) in [4.78, 5) is 0. The van der Waals surface area contributed by atoms with E-state index in [2.05, 4.69) is 83.1 Å². The van der Waals surface area contributed by atoms with Gasteiger partial charge >= 0.3 is 0 Å². The van der Waals surface area contributed by atoms with Crippen molar-refractivity contribution >= 4 is 0 Å². The Morgan fingerprint density at radius 2 is 1.35 bits per heavy atom. The van der Waals surface area contributed by atoms with Gasteiger partial charge in [-0.2, -0.15) is 0 Å². The van der Waals surface area contributed by atoms with E-state index in [1.54, 1.807) is 5.56 Å². The van der Waals surface area contributed by atoms with E-state index in [0.717, 1.165) is 12.3 Å². The van der Waals surface area contributed by atoms with Crippen molar-refractivity contribution in [1.29, 1.82) is 0 Å². The lowest BCUT2D eigenvalue weighted by atomic mass is 9.86. The van der Waals surface area contributed by atoms with E-state index in [-0.39, 0.29) is 5.41 Å². The average molecular weight is 351 g/mol. The molecule has 0 saturated heterocycles. The summed E-state index contributed by atoms with van der Waals surface area (Å²) < 4.78 is 0. The van der Waals surface area contributed by atoms with Gasteiger partial charge in [-0.1, -0.05) is 96.0 Å². The van der Waals surface area contributed by atoms with Crippen LogP contribution in [0.1, 0.15) is 94.9 Å². The van der Waals surface area contributed by atoms with Crippen LogP contribution in [0.3, 0.4) is 0 Å². The predicted molar refractivity (Wildman–Crippen MR) is 116 cm³/mol. The first-order chi connectivity index (χ1) is 12.4. The van der Waals surface area contributed by atoms with Crippen LogP contribution in [0.15, 0.2) is 48.5 Å². The van der Waals surface area contributed by atoms with E-state index < -0.39 is 0 Å². The van der Waals surface area contributed by atoms with Gasteiger partial charge in [0.2, 0.25) is 0 Å². The van der Waals surface area contributed by atoms with Crippen molar-refractivity contribution in [2.24, 2.45) is 0 Å². The van der Waals surface area contributed by atoms with Crippen molar-refractivity contribution in [3.8, 4) is 0 Å². The third-order valence-corrected chi connectivity index (χ3v) is 5.58. The highest BCUT2D eigenvalue weighted by Gasteiger charge is 2.13. The number of rotatable bonds is 9. The highest BCUT2D eigenvalue weighted by Crippen LogP contribution is 2.28. The van der Waals surface area contributed by atoms with Crippen LogP contribution in [-0.4, -0.2) is 0 Å². The molecule has 0 heterocycles. The lowest BCUT2D eigenvalue weighted by molar-refractivity contribution is 0.531. The Bertz CT molecular complexity index is 625. The minimum atomic E-state index is 0.249. The molecule has 2 rings (SSSR count). The second kappa shape index (κ2) is 9.95. The normalized spacial score (nSPS) is 13.0. The fourth-order valence-corrected chi connectivity index (χ4v) is 3.74. The molecule has 0 aliphatic rings. The highest BCUT2D eigenvalue weighted by molar-refractivity contribution is 5.28. The lowest BCUT2D eigenvalue weighted by Crippen LogP contribution is -2.10. The minimum absolute atomic E-state index is 0.249. The standard InChI is InChI=1S/C26H38/c1-6-10-23(24-17-13-21(7-2)14-18-24)12-9-8-11-22-15-19-25(20-16-22)26(3,4)5/h13-20,23H,6-12H2,1-5H3. The van der Waals surface area contributed by atoms with Crippen molar-refractivity contribution in [2.75, 3.05) is 0 Å². The number of unbranched alkanes of at least 4 members (excludes halogenated alkanes) is 1. The first-order valence-electron chi connectivity index (χ1n) is 10.6. The van der Waals surface area contributed by atoms with E-state index in [1.807, 2.05) is 0 Å². The van der Waals surface area contributed by atoms with Gasteiger partial charge in [-0.15, -0.1) is 0 Å².